The highest BCUT2D eigenvalue weighted by molar-refractivity contribution is 9.10. The standard InChI is InChI=1S/C25H25BrN2O5S/c1-5-9-33-23-18(26)11-17(12-20(23)32-6-2)13-21-24(30)28(25(31)34-21)14-22(29)27-19-8-7-15(3)10-16(19)4/h5,7-8,10-13H,1,6,9,14H2,2-4H3,(H,27,29)/b21-13+. The molecule has 178 valence electrons. The maximum Gasteiger partial charge on any atom is 0.294 e. The van der Waals surface area contributed by atoms with Crippen molar-refractivity contribution in [1.82, 2.24) is 4.90 Å². The van der Waals surface area contributed by atoms with Crippen LogP contribution in [0.2, 0.25) is 0 Å². The van der Waals surface area contributed by atoms with E-state index in [4.69, 9.17) is 9.47 Å². The molecule has 2 aromatic carbocycles. The number of ether oxygens (including phenoxy) is 2. The number of imide groups is 1. The van der Waals surface area contributed by atoms with Gasteiger partial charge >= 0.3 is 0 Å². The summed E-state index contributed by atoms with van der Waals surface area (Å²) in [6.45, 7) is 9.71. The Labute approximate surface area is 211 Å². The van der Waals surface area contributed by atoms with Crippen molar-refractivity contribution in [3.8, 4) is 11.5 Å². The lowest BCUT2D eigenvalue weighted by Crippen LogP contribution is -2.36. The van der Waals surface area contributed by atoms with Gasteiger partial charge in [0.05, 0.1) is 16.0 Å². The molecule has 0 spiro atoms. The van der Waals surface area contributed by atoms with E-state index >= 15 is 0 Å². The molecular formula is C25H25BrN2O5S. The molecule has 1 aliphatic rings. The number of halogens is 1. The number of amides is 3. The average Bonchev–Trinajstić information content (AvgIpc) is 3.02. The molecule has 0 saturated carbocycles. The quantitative estimate of drug-likeness (QED) is 0.321. The molecule has 0 radical (unpaired) electrons. The molecule has 0 aliphatic carbocycles. The van der Waals surface area contributed by atoms with Gasteiger partial charge in [0.2, 0.25) is 5.91 Å². The van der Waals surface area contributed by atoms with Crippen LogP contribution in [0, 0.1) is 13.8 Å². The minimum Gasteiger partial charge on any atom is -0.490 e. The highest BCUT2D eigenvalue weighted by Crippen LogP contribution is 2.39. The monoisotopic (exact) mass is 544 g/mol. The number of hydrogen-bond acceptors (Lipinski definition) is 6. The predicted molar refractivity (Wildman–Crippen MR) is 138 cm³/mol. The van der Waals surface area contributed by atoms with E-state index in [-0.39, 0.29) is 11.4 Å². The van der Waals surface area contributed by atoms with Crippen LogP contribution in [0.15, 0.2) is 52.4 Å². The summed E-state index contributed by atoms with van der Waals surface area (Å²) < 4.78 is 12.0. The van der Waals surface area contributed by atoms with Crippen molar-refractivity contribution in [3.05, 3.63) is 69.1 Å². The van der Waals surface area contributed by atoms with Gasteiger partial charge in [0.15, 0.2) is 11.5 Å². The van der Waals surface area contributed by atoms with Gasteiger partial charge in [-0.15, -0.1) is 0 Å². The molecule has 0 atom stereocenters. The van der Waals surface area contributed by atoms with E-state index in [0.29, 0.717) is 40.4 Å². The first-order chi connectivity index (χ1) is 16.2. The largest absolute Gasteiger partial charge is 0.490 e. The number of nitrogens with zero attached hydrogens (tertiary/aromatic N) is 1. The van der Waals surface area contributed by atoms with E-state index in [2.05, 4.69) is 27.8 Å². The Morgan fingerprint density at radius 3 is 2.65 bits per heavy atom. The van der Waals surface area contributed by atoms with Gasteiger partial charge in [-0.2, -0.15) is 0 Å². The van der Waals surface area contributed by atoms with Crippen LogP contribution in [0.4, 0.5) is 10.5 Å². The van der Waals surface area contributed by atoms with E-state index in [1.807, 2.05) is 32.9 Å². The summed E-state index contributed by atoms with van der Waals surface area (Å²) in [5, 5.41) is 2.27. The van der Waals surface area contributed by atoms with Crippen molar-refractivity contribution in [2.75, 3.05) is 25.1 Å². The summed E-state index contributed by atoms with van der Waals surface area (Å²) in [7, 11) is 0. The third kappa shape index (κ3) is 6.09. The van der Waals surface area contributed by atoms with E-state index < -0.39 is 17.1 Å². The number of benzene rings is 2. The van der Waals surface area contributed by atoms with Crippen molar-refractivity contribution < 1.29 is 23.9 Å². The second-order valence-corrected chi connectivity index (χ2v) is 9.34. The van der Waals surface area contributed by atoms with Gasteiger partial charge in [-0.1, -0.05) is 30.4 Å². The molecule has 7 nitrogen and oxygen atoms in total. The number of thioether (sulfide) groups is 1. The fourth-order valence-corrected chi connectivity index (χ4v) is 4.70. The van der Waals surface area contributed by atoms with Crippen LogP contribution in [0.25, 0.3) is 6.08 Å². The molecule has 0 aromatic heterocycles. The van der Waals surface area contributed by atoms with Crippen LogP contribution in [-0.2, 0) is 9.59 Å². The number of aryl methyl sites for hydroxylation is 2. The Balaban J connectivity index is 1.77. The molecule has 1 fully saturated rings. The maximum absolute atomic E-state index is 12.9. The summed E-state index contributed by atoms with van der Waals surface area (Å²) in [6.07, 6.45) is 3.22. The van der Waals surface area contributed by atoms with Gasteiger partial charge in [-0.3, -0.25) is 19.3 Å². The lowest BCUT2D eigenvalue weighted by atomic mass is 10.1. The van der Waals surface area contributed by atoms with Gasteiger partial charge in [-0.25, -0.2) is 0 Å². The van der Waals surface area contributed by atoms with E-state index in [9.17, 15) is 14.4 Å². The van der Waals surface area contributed by atoms with Crippen LogP contribution in [-0.4, -0.2) is 41.7 Å². The first-order valence-corrected chi connectivity index (χ1v) is 12.2. The number of rotatable bonds is 9. The second-order valence-electron chi connectivity index (χ2n) is 7.50. The summed E-state index contributed by atoms with van der Waals surface area (Å²) in [5.41, 5.74) is 3.27. The van der Waals surface area contributed by atoms with Crippen LogP contribution in [0.1, 0.15) is 23.6 Å². The number of anilines is 1. The zero-order chi connectivity index (χ0) is 24.8. The SMILES string of the molecule is C=CCOc1c(Br)cc(/C=C2/SC(=O)N(CC(=O)Nc3ccc(C)cc3C)C2=O)cc1OCC. The number of nitrogens with one attached hydrogen (secondary N) is 1. The summed E-state index contributed by atoms with van der Waals surface area (Å²) >= 11 is 4.26. The van der Waals surface area contributed by atoms with Crippen molar-refractivity contribution in [2.24, 2.45) is 0 Å². The molecule has 3 rings (SSSR count). The average molecular weight is 545 g/mol. The fourth-order valence-electron chi connectivity index (χ4n) is 3.29. The third-order valence-electron chi connectivity index (χ3n) is 4.81. The normalized spacial score (nSPS) is 14.5. The highest BCUT2D eigenvalue weighted by Gasteiger charge is 2.36. The zero-order valence-corrected chi connectivity index (χ0v) is 21.5. The summed E-state index contributed by atoms with van der Waals surface area (Å²) in [6, 6.07) is 9.12. The predicted octanol–water partition coefficient (Wildman–Crippen LogP) is 5.70. The lowest BCUT2D eigenvalue weighted by Gasteiger charge is -2.14. The third-order valence-corrected chi connectivity index (χ3v) is 6.30. The van der Waals surface area contributed by atoms with Crippen LogP contribution in [0.3, 0.4) is 0 Å². The molecule has 2 aromatic rings. The second kappa shape index (κ2) is 11.4. The lowest BCUT2D eigenvalue weighted by molar-refractivity contribution is -0.127. The zero-order valence-electron chi connectivity index (χ0n) is 19.1. The Morgan fingerprint density at radius 2 is 1.97 bits per heavy atom. The molecule has 34 heavy (non-hydrogen) atoms. The smallest absolute Gasteiger partial charge is 0.294 e. The van der Waals surface area contributed by atoms with Crippen molar-refractivity contribution in [3.63, 3.8) is 0 Å². The van der Waals surface area contributed by atoms with Crippen molar-refractivity contribution in [2.45, 2.75) is 20.8 Å². The number of hydrogen-bond donors (Lipinski definition) is 1. The van der Waals surface area contributed by atoms with Gasteiger partial charge in [0.1, 0.15) is 13.2 Å². The molecule has 1 saturated heterocycles. The first-order valence-electron chi connectivity index (χ1n) is 10.6. The maximum atomic E-state index is 12.9. The molecule has 3 amide bonds. The Bertz CT molecular complexity index is 1180. The van der Waals surface area contributed by atoms with E-state index in [1.54, 1.807) is 30.4 Å². The fraction of sp³-hybridized carbons (Fsp3) is 0.240. The van der Waals surface area contributed by atoms with Crippen LogP contribution >= 0.6 is 27.7 Å². The topological polar surface area (TPSA) is 84.9 Å². The number of carbonyl (C=O) groups excluding carboxylic acids is 3. The summed E-state index contributed by atoms with van der Waals surface area (Å²) in [4.78, 5) is 39.0. The number of carbonyl (C=O) groups is 3. The summed E-state index contributed by atoms with van der Waals surface area (Å²) in [5.74, 6) is 0.0552. The van der Waals surface area contributed by atoms with Gasteiger partial charge in [-0.05, 0) is 83.9 Å². The van der Waals surface area contributed by atoms with Gasteiger partial charge in [0, 0.05) is 5.69 Å². The molecule has 0 unspecified atom stereocenters. The highest BCUT2D eigenvalue weighted by atomic mass is 79.9. The first kappa shape index (κ1) is 25.6. The molecule has 1 heterocycles. The molecule has 9 heteroatoms. The van der Waals surface area contributed by atoms with Crippen molar-refractivity contribution >= 4 is 56.5 Å². The van der Waals surface area contributed by atoms with Gasteiger partial charge < -0.3 is 14.8 Å². The Morgan fingerprint density at radius 1 is 1.21 bits per heavy atom. The van der Waals surface area contributed by atoms with E-state index in [1.165, 1.54) is 0 Å². The van der Waals surface area contributed by atoms with Crippen LogP contribution < -0.4 is 14.8 Å². The molecular weight excluding hydrogens is 520 g/mol. The Hall–Kier alpha value is -3.04. The molecule has 1 aliphatic heterocycles. The van der Waals surface area contributed by atoms with Gasteiger partial charge in [0.25, 0.3) is 11.1 Å². The van der Waals surface area contributed by atoms with Crippen molar-refractivity contribution in [1.29, 1.82) is 0 Å². The van der Waals surface area contributed by atoms with E-state index in [0.717, 1.165) is 27.8 Å². The minimum atomic E-state index is -0.521. The van der Waals surface area contributed by atoms with Crippen LogP contribution in [0.5, 0.6) is 11.5 Å². The molecule has 1 N–H and O–H groups in total. The molecule has 0 bridgehead atoms. The minimum absolute atomic E-state index is 0.221. The Kier molecular flexibility index (Phi) is 8.57.